The number of hydrogen-bond acceptors (Lipinski definition) is 6. The Bertz CT molecular complexity index is 457. The van der Waals surface area contributed by atoms with Crippen molar-refractivity contribution < 1.29 is 33.6 Å². The fourth-order valence-electron chi connectivity index (χ4n) is 1.85. The van der Waals surface area contributed by atoms with Crippen molar-refractivity contribution >= 4 is 12.0 Å². The van der Waals surface area contributed by atoms with Gasteiger partial charge < -0.3 is 34.3 Å². The van der Waals surface area contributed by atoms with Crippen LogP contribution in [-0.4, -0.2) is 94.5 Å². The number of ether oxygens (including phenoxy) is 4. The molecule has 0 bridgehead atoms. The normalized spacial score (nSPS) is 10.0. The topological polar surface area (TPSA) is 107 Å². The maximum absolute atomic E-state index is 12.2. The first-order chi connectivity index (χ1) is 13.1. The standard InChI is InChI=1S/C18H28N2O7/c1-3-9-24-13-15-26-11-7-20(17(21)5-6-19-18(22)23)8-12-27-16-14-25-10-4-2/h1-2,19H,5-16H2,(H,22,23). The summed E-state index contributed by atoms with van der Waals surface area (Å²) in [5.41, 5.74) is 0. The molecule has 2 amide bonds. The largest absolute Gasteiger partial charge is 0.465 e. The molecule has 0 unspecified atom stereocenters. The molecule has 0 spiro atoms. The van der Waals surface area contributed by atoms with Gasteiger partial charge >= 0.3 is 6.09 Å². The average molecular weight is 384 g/mol. The summed E-state index contributed by atoms with van der Waals surface area (Å²) in [5, 5.41) is 10.7. The van der Waals surface area contributed by atoms with Crippen molar-refractivity contribution in [2.75, 3.05) is 72.5 Å². The minimum Gasteiger partial charge on any atom is -0.465 e. The highest BCUT2D eigenvalue weighted by atomic mass is 16.5. The van der Waals surface area contributed by atoms with Crippen LogP contribution < -0.4 is 5.32 Å². The lowest BCUT2D eigenvalue weighted by Crippen LogP contribution is -2.38. The number of carboxylic acid groups (broad SMARTS) is 1. The van der Waals surface area contributed by atoms with E-state index in [2.05, 4.69) is 17.2 Å². The van der Waals surface area contributed by atoms with Crippen molar-refractivity contribution in [1.29, 1.82) is 0 Å². The Morgan fingerprint density at radius 2 is 1.33 bits per heavy atom. The maximum atomic E-state index is 12.2. The lowest BCUT2D eigenvalue weighted by atomic mass is 10.3. The molecule has 27 heavy (non-hydrogen) atoms. The first-order valence-corrected chi connectivity index (χ1v) is 8.54. The van der Waals surface area contributed by atoms with Crippen LogP contribution in [0.1, 0.15) is 6.42 Å². The van der Waals surface area contributed by atoms with Crippen LogP contribution in [0, 0.1) is 24.7 Å². The van der Waals surface area contributed by atoms with E-state index in [0.717, 1.165) is 0 Å². The average Bonchev–Trinajstić information content (AvgIpc) is 2.64. The minimum absolute atomic E-state index is 0.0479. The molecule has 0 aliphatic heterocycles. The monoisotopic (exact) mass is 384 g/mol. The van der Waals surface area contributed by atoms with Crippen LogP contribution in [0.2, 0.25) is 0 Å². The van der Waals surface area contributed by atoms with E-state index in [1.54, 1.807) is 4.90 Å². The zero-order chi connectivity index (χ0) is 20.2. The van der Waals surface area contributed by atoms with Crippen LogP contribution in [-0.2, 0) is 23.7 Å². The Kier molecular flexibility index (Phi) is 16.9. The maximum Gasteiger partial charge on any atom is 0.404 e. The first-order valence-electron chi connectivity index (χ1n) is 8.54. The van der Waals surface area contributed by atoms with E-state index in [1.165, 1.54) is 0 Å². The lowest BCUT2D eigenvalue weighted by Gasteiger charge is -2.23. The van der Waals surface area contributed by atoms with Crippen molar-refractivity contribution in [3.8, 4) is 24.7 Å². The van der Waals surface area contributed by atoms with Crippen LogP contribution in [0.4, 0.5) is 4.79 Å². The van der Waals surface area contributed by atoms with Gasteiger partial charge in [0, 0.05) is 26.1 Å². The number of nitrogens with zero attached hydrogens (tertiary/aromatic N) is 1. The Labute approximate surface area is 160 Å². The summed E-state index contributed by atoms with van der Waals surface area (Å²) in [4.78, 5) is 24.3. The SMILES string of the molecule is C#CCOCCOCCN(CCOCCOCC#C)C(=O)CCNC(=O)O. The van der Waals surface area contributed by atoms with E-state index < -0.39 is 6.09 Å². The van der Waals surface area contributed by atoms with E-state index in [4.69, 9.17) is 36.9 Å². The minimum atomic E-state index is -1.17. The van der Waals surface area contributed by atoms with Gasteiger partial charge in [-0.3, -0.25) is 4.79 Å². The second-order valence-corrected chi connectivity index (χ2v) is 5.10. The summed E-state index contributed by atoms with van der Waals surface area (Å²) in [5.74, 6) is 4.51. The Balaban J connectivity index is 4.09. The second kappa shape index (κ2) is 18.5. The molecule has 0 saturated carbocycles. The molecule has 0 atom stereocenters. The third kappa shape index (κ3) is 16.9. The molecule has 0 rings (SSSR count). The van der Waals surface area contributed by atoms with E-state index in [0.29, 0.717) is 52.7 Å². The number of carbonyl (C=O) groups excluding carboxylic acids is 1. The number of nitrogens with one attached hydrogen (secondary N) is 1. The molecule has 0 aromatic rings. The van der Waals surface area contributed by atoms with Crippen molar-refractivity contribution in [1.82, 2.24) is 10.2 Å². The number of terminal acetylenes is 2. The van der Waals surface area contributed by atoms with Gasteiger partial charge in [-0.2, -0.15) is 0 Å². The van der Waals surface area contributed by atoms with Crippen LogP contribution >= 0.6 is 0 Å². The highest BCUT2D eigenvalue weighted by Crippen LogP contribution is 1.96. The van der Waals surface area contributed by atoms with Gasteiger partial charge in [0.2, 0.25) is 5.91 Å². The fraction of sp³-hybridized carbons (Fsp3) is 0.667. The van der Waals surface area contributed by atoms with Crippen molar-refractivity contribution in [3.63, 3.8) is 0 Å². The molecule has 0 heterocycles. The first kappa shape index (κ1) is 24.7. The van der Waals surface area contributed by atoms with E-state index >= 15 is 0 Å². The smallest absolute Gasteiger partial charge is 0.404 e. The molecule has 0 aromatic carbocycles. The number of carbonyl (C=O) groups is 2. The molecule has 0 aliphatic rings. The Morgan fingerprint density at radius 1 is 0.852 bits per heavy atom. The third-order valence-electron chi connectivity index (χ3n) is 3.09. The zero-order valence-electron chi connectivity index (χ0n) is 15.5. The summed E-state index contributed by atoms with van der Waals surface area (Å²) in [6.45, 7) is 3.36. The summed E-state index contributed by atoms with van der Waals surface area (Å²) in [7, 11) is 0. The number of hydrogen-bond donors (Lipinski definition) is 2. The molecule has 152 valence electrons. The highest BCUT2D eigenvalue weighted by Gasteiger charge is 2.13. The predicted molar refractivity (Wildman–Crippen MR) is 98.2 cm³/mol. The predicted octanol–water partition coefficient (Wildman–Crippen LogP) is -0.194. The number of rotatable bonds is 17. The molecule has 0 aromatic heterocycles. The van der Waals surface area contributed by atoms with E-state index in [1.807, 2.05) is 0 Å². The molecule has 9 nitrogen and oxygen atoms in total. The van der Waals surface area contributed by atoms with Gasteiger partial charge in [-0.25, -0.2) is 4.79 Å². The van der Waals surface area contributed by atoms with Crippen LogP contribution in [0.3, 0.4) is 0 Å². The quantitative estimate of drug-likeness (QED) is 0.264. The summed E-state index contributed by atoms with van der Waals surface area (Å²) < 4.78 is 21.0. The van der Waals surface area contributed by atoms with E-state index in [9.17, 15) is 9.59 Å². The van der Waals surface area contributed by atoms with Crippen molar-refractivity contribution in [2.45, 2.75) is 6.42 Å². The molecule has 0 aliphatic carbocycles. The Hall–Kier alpha value is -2.30. The molecule has 2 N–H and O–H groups in total. The molecule has 9 heteroatoms. The second-order valence-electron chi connectivity index (χ2n) is 5.10. The van der Waals surface area contributed by atoms with Gasteiger partial charge in [0.15, 0.2) is 0 Å². The van der Waals surface area contributed by atoms with E-state index in [-0.39, 0.29) is 32.1 Å². The lowest BCUT2D eigenvalue weighted by molar-refractivity contribution is -0.132. The molecular weight excluding hydrogens is 356 g/mol. The summed E-state index contributed by atoms with van der Waals surface area (Å²) in [6, 6.07) is 0. The third-order valence-corrected chi connectivity index (χ3v) is 3.09. The Morgan fingerprint density at radius 3 is 1.78 bits per heavy atom. The van der Waals surface area contributed by atoms with Gasteiger partial charge in [-0.1, -0.05) is 11.8 Å². The number of amides is 2. The molecule has 0 radical (unpaired) electrons. The van der Waals surface area contributed by atoms with Crippen molar-refractivity contribution in [2.24, 2.45) is 0 Å². The van der Waals surface area contributed by atoms with Gasteiger partial charge in [-0.05, 0) is 0 Å². The fourth-order valence-corrected chi connectivity index (χ4v) is 1.85. The summed E-state index contributed by atoms with van der Waals surface area (Å²) in [6.07, 6.45) is 9.02. The zero-order valence-corrected chi connectivity index (χ0v) is 15.5. The van der Waals surface area contributed by atoms with Gasteiger partial charge in [-0.15, -0.1) is 12.8 Å². The molecule has 0 fully saturated rings. The summed E-state index contributed by atoms with van der Waals surface area (Å²) >= 11 is 0. The van der Waals surface area contributed by atoms with Gasteiger partial charge in [0.1, 0.15) is 13.2 Å². The molecular formula is C18H28N2O7. The van der Waals surface area contributed by atoms with Crippen molar-refractivity contribution in [3.05, 3.63) is 0 Å². The van der Waals surface area contributed by atoms with Crippen LogP contribution in [0.25, 0.3) is 0 Å². The van der Waals surface area contributed by atoms with Gasteiger partial charge in [0.05, 0.1) is 39.6 Å². The molecule has 0 saturated heterocycles. The highest BCUT2D eigenvalue weighted by molar-refractivity contribution is 5.77. The van der Waals surface area contributed by atoms with Gasteiger partial charge in [0.25, 0.3) is 0 Å². The van der Waals surface area contributed by atoms with Crippen LogP contribution in [0.15, 0.2) is 0 Å². The van der Waals surface area contributed by atoms with Crippen LogP contribution in [0.5, 0.6) is 0 Å².